The third-order valence-corrected chi connectivity index (χ3v) is 7.49. The number of hydrogen-bond donors (Lipinski definition) is 2. The number of aromatic nitrogens is 2. The maximum absolute atomic E-state index is 5.25. The zero-order valence-corrected chi connectivity index (χ0v) is 17.6. The number of rotatable bonds is 4. The molecule has 0 unspecified atom stereocenters. The Balaban J connectivity index is 0.00000180. The van der Waals surface area contributed by atoms with Gasteiger partial charge in [-0.05, 0) is 99.3 Å². The average Bonchev–Trinajstić information content (AvgIpc) is 3.18. The summed E-state index contributed by atoms with van der Waals surface area (Å²) in [7, 11) is 0. The van der Waals surface area contributed by atoms with Crippen LogP contribution in [0.5, 0.6) is 0 Å². The fourth-order valence-electron chi connectivity index (χ4n) is 6.32. The first-order chi connectivity index (χ1) is 12.5. The number of halogens is 1. The molecule has 27 heavy (non-hydrogen) atoms. The summed E-state index contributed by atoms with van der Waals surface area (Å²) in [6, 6.07) is 2.26. The predicted molar refractivity (Wildman–Crippen MR) is 115 cm³/mol. The molecule has 2 heterocycles. The molecule has 0 radical (unpaired) electrons. The van der Waals surface area contributed by atoms with Gasteiger partial charge >= 0.3 is 0 Å². The van der Waals surface area contributed by atoms with Crippen molar-refractivity contribution in [2.45, 2.75) is 71.3 Å². The van der Waals surface area contributed by atoms with Crippen LogP contribution in [0.3, 0.4) is 0 Å². The molecule has 4 aliphatic carbocycles. The van der Waals surface area contributed by atoms with Crippen molar-refractivity contribution in [3.8, 4) is 11.4 Å². The maximum Gasteiger partial charge on any atom is 0.0657 e. The van der Waals surface area contributed by atoms with Crippen LogP contribution in [0.1, 0.15) is 67.8 Å². The molecule has 0 saturated heterocycles. The quantitative estimate of drug-likeness (QED) is 0.606. The first kappa shape index (κ1) is 18.9. The second-order valence-corrected chi connectivity index (χ2v) is 9.34. The smallest absolute Gasteiger partial charge is 0.0657 e. The van der Waals surface area contributed by atoms with Crippen molar-refractivity contribution in [3.05, 3.63) is 34.6 Å². The highest BCUT2D eigenvalue weighted by Crippen LogP contribution is 2.57. The summed E-state index contributed by atoms with van der Waals surface area (Å²) in [5.41, 5.74) is 7.88. The van der Waals surface area contributed by atoms with Crippen molar-refractivity contribution in [1.82, 2.24) is 9.97 Å². The van der Waals surface area contributed by atoms with Crippen molar-refractivity contribution in [1.29, 1.82) is 0 Å². The molecule has 4 aliphatic rings. The number of nitrogens with one attached hydrogen (secondary N) is 2. The minimum absolute atomic E-state index is 0. The number of aromatic amines is 2. The predicted octanol–water partition coefficient (Wildman–Crippen LogP) is 6.00. The summed E-state index contributed by atoms with van der Waals surface area (Å²) in [5, 5.41) is 0. The van der Waals surface area contributed by atoms with Crippen molar-refractivity contribution in [2.75, 3.05) is 0 Å². The lowest BCUT2D eigenvalue weighted by molar-refractivity contribution is 0.00194. The molecule has 4 saturated carbocycles. The molecule has 0 atom stereocenters. The van der Waals surface area contributed by atoms with Crippen LogP contribution >= 0.6 is 12.4 Å². The Morgan fingerprint density at radius 3 is 2.26 bits per heavy atom. The first-order valence-corrected chi connectivity index (χ1v) is 10.5. The first-order valence-electron chi connectivity index (χ1n) is 10.5. The van der Waals surface area contributed by atoms with Crippen LogP contribution in [0.4, 0.5) is 0 Å². The lowest BCUT2D eigenvalue weighted by Crippen LogP contribution is -2.49. The number of hydrogen-bond acceptors (Lipinski definition) is 1. The van der Waals surface area contributed by atoms with Gasteiger partial charge in [0.1, 0.15) is 0 Å². The standard InChI is InChI=1S/C23H31N3.ClH/c1-4-16-8-20(24-12-16)22-15(3)14(2)21(26-22)13-25-23-9-17-5-18(10-23)7-19(6-17)11-23;/h8,12-13,17-19,24,26H,4-7,9-11H2,1-3H3;1H. The third-order valence-electron chi connectivity index (χ3n) is 7.49. The SMILES string of the molecule is CCc1c[nH]c(-c2[nH]c(C=NC34CC5CC(CC(C5)C3)C4)c(C)c2C)c1.Cl. The molecule has 2 aromatic heterocycles. The molecule has 146 valence electrons. The van der Waals surface area contributed by atoms with Crippen LogP contribution in [0.15, 0.2) is 17.3 Å². The molecule has 2 N–H and O–H groups in total. The van der Waals surface area contributed by atoms with E-state index in [9.17, 15) is 0 Å². The minimum atomic E-state index is 0. The normalized spacial score (nSPS) is 31.6. The lowest BCUT2D eigenvalue weighted by Gasteiger charge is -2.54. The highest BCUT2D eigenvalue weighted by atomic mass is 35.5. The number of nitrogens with zero attached hydrogens (tertiary/aromatic N) is 1. The molecule has 4 bridgehead atoms. The molecule has 6 rings (SSSR count). The van der Waals surface area contributed by atoms with Gasteiger partial charge in [0.2, 0.25) is 0 Å². The van der Waals surface area contributed by atoms with Crippen LogP contribution in [-0.4, -0.2) is 21.7 Å². The van der Waals surface area contributed by atoms with Gasteiger partial charge in [0.15, 0.2) is 0 Å². The summed E-state index contributed by atoms with van der Waals surface area (Å²) in [6.45, 7) is 6.64. The van der Waals surface area contributed by atoms with E-state index in [-0.39, 0.29) is 17.9 Å². The maximum atomic E-state index is 5.25. The van der Waals surface area contributed by atoms with Gasteiger partial charge in [-0.25, -0.2) is 0 Å². The van der Waals surface area contributed by atoms with E-state index in [4.69, 9.17) is 4.99 Å². The van der Waals surface area contributed by atoms with Crippen molar-refractivity contribution >= 4 is 18.6 Å². The minimum Gasteiger partial charge on any atom is -0.360 e. The molecular formula is C23H32ClN3. The van der Waals surface area contributed by atoms with Crippen molar-refractivity contribution in [2.24, 2.45) is 22.7 Å². The highest BCUT2D eigenvalue weighted by molar-refractivity contribution is 5.85. The van der Waals surface area contributed by atoms with E-state index in [0.717, 1.165) is 24.2 Å². The van der Waals surface area contributed by atoms with Gasteiger partial charge in [-0.1, -0.05) is 6.92 Å². The van der Waals surface area contributed by atoms with Crippen molar-refractivity contribution < 1.29 is 0 Å². The fraction of sp³-hybridized carbons (Fsp3) is 0.609. The van der Waals surface area contributed by atoms with Gasteiger partial charge in [0, 0.05) is 12.4 Å². The van der Waals surface area contributed by atoms with Gasteiger partial charge in [0.25, 0.3) is 0 Å². The van der Waals surface area contributed by atoms with Crippen LogP contribution < -0.4 is 0 Å². The van der Waals surface area contributed by atoms with Crippen molar-refractivity contribution in [3.63, 3.8) is 0 Å². The molecule has 4 heteroatoms. The topological polar surface area (TPSA) is 43.9 Å². The Kier molecular flexibility index (Phi) is 4.78. The Labute approximate surface area is 168 Å². The van der Waals surface area contributed by atoms with E-state index >= 15 is 0 Å². The molecule has 0 spiro atoms. The van der Waals surface area contributed by atoms with E-state index in [1.165, 1.54) is 72.3 Å². The Morgan fingerprint density at radius 1 is 1.07 bits per heavy atom. The van der Waals surface area contributed by atoms with E-state index in [2.05, 4.69) is 49.2 Å². The van der Waals surface area contributed by atoms with Gasteiger partial charge < -0.3 is 9.97 Å². The van der Waals surface area contributed by atoms with Gasteiger partial charge in [0.05, 0.1) is 22.6 Å². The molecule has 3 nitrogen and oxygen atoms in total. The van der Waals surface area contributed by atoms with E-state index in [0.29, 0.717) is 0 Å². The molecule has 4 fully saturated rings. The zero-order chi connectivity index (χ0) is 17.9. The summed E-state index contributed by atoms with van der Waals surface area (Å²) in [4.78, 5) is 12.3. The molecule has 0 aromatic carbocycles. The summed E-state index contributed by atoms with van der Waals surface area (Å²) in [6.07, 6.45) is 13.8. The summed E-state index contributed by atoms with van der Waals surface area (Å²) in [5.74, 6) is 2.85. The van der Waals surface area contributed by atoms with E-state index < -0.39 is 0 Å². The Morgan fingerprint density at radius 2 is 1.70 bits per heavy atom. The molecule has 0 aliphatic heterocycles. The fourth-order valence-corrected chi connectivity index (χ4v) is 6.32. The largest absolute Gasteiger partial charge is 0.360 e. The van der Waals surface area contributed by atoms with Crippen LogP contribution in [0.25, 0.3) is 11.4 Å². The van der Waals surface area contributed by atoms with Crippen LogP contribution in [0, 0.1) is 31.6 Å². The summed E-state index contributed by atoms with van der Waals surface area (Å²) >= 11 is 0. The third kappa shape index (κ3) is 3.18. The molecule has 2 aromatic rings. The zero-order valence-electron chi connectivity index (χ0n) is 16.8. The monoisotopic (exact) mass is 385 g/mol. The summed E-state index contributed by atoms with van der Waals surface area (Å²) < 4.78 is 0. The van der Waals surface area contributed by atoms with Gasteiger partial charge in [-0.15, -0.1) is 12.4 Å². The Hall–Kier alpha value is -1.48. The van der Waals surface area contributed by atoms with Gasteiger partial charge in [-0.3, -0.25) is 4.99 Å². The average molecular weight is 386 g/mol. The molecule has 0 amide bonds. The highest BCUT2D eigenvalue weighted by Gasteiger charge is 2.50. The lowest BCUT2D eigenvalue weighted by atomic mass is 9.53. The molecular weight excluding hydrogens is 354 g/mol. The number of H-pyrrole nitrogens is 2. The Bertz CT molecular complexity index is 822. The van der Waals surface area contributed by atoms with Gasteiger partial charge in [-0.2, -0.15) is 0 Å². The number of aliphatic imine (C=N–C) groups is 1. The van der Waals surface area contributed by atoms with E-state index in [1.54, 1.807) is 0 Å². The second-order valence-electron chi connectivity index (χ2n) is 9.34. The van der Waals surface area contributed by atoms with Crippen LogP contribution in [-0.2, 0) is 6.42 Å². The second kappa shape index (κ2) is 6.84. The van der Waals surface area contributed by atoms with Crippen LogP contribution in [0.2, 0.25) is 0 Å². The number of aryl methyl sites for hydroxylation is 1. The van der Waals surface area contributed by atoms with E-state index in [1.807, 2.05) is 0 Å².